The number of amidine groups is 1. The molecule has 3 nitrogen and oxygen atoms in total. The molecule has 102 valence electrons. The van der Waals surface area contributed by atoms with E-state index >= 15 is 0 Å². The van der Waals surface area contributed by atoms with Crippen molar-refractivity contribution in [3.05, 3.63) is 35.4 Å². The highest BCUT2D eigenvalue weighted by molar-refractivity contribution is 6.00. The first-order chi connectivity index (χ1) is 9.24. The third-order valence-electron chi connectivity index (χ3n) is 4.25. The largest absolute Gasteiger partial charge is 0.352 e. The van der Waals surface area contributed by atoms with Gasteiger partial charge in [0.1, 0.15) is 5.84 Å². The third-order valence-corrected chi connectivity index (χ3v) is 4.25. The monoisotopic (exact) mass is 257 g/mol. The molecule has 0 radical (unpaired) electrons. The highest BCUT2D eigenvalue weighted by Crippen LogP contribution is 2.23. The number of fused-ring (bicyclic) bond motifs is 1. The Bertz CT molecular complexity index is 463. The number of hydrogen-bond donors (Lipinski definition) is 1. The van der Waals surface area contributed by atoms with E-state index in [1.54, 1.807) is 0 Å². The van der Waals surface area contributed by atoms with Crippen molar-refractivity contribution < 1.29 is 0 Å². The van der Waals surface area contributed by atoms with E-state index in [-0.39, 0.29) is 0 Å². The molecule has 0 aromatic heterocycles. The predicted molar refractivity (Wildman–Crippen MR) is 78.5 cm³/mol. The summed E-state index contributed by atoms with van der Waals surface area (Å²) in [5, 5.41) is 8.28. The molecule has 1 fully saturated rings. The normalized spacial score (nSPS) is 20.9. The number of nitrogens with zero attached hydrogens (tertiary/aromatic N) is 2. The predicted octanol–water partition coefficient (Wildman–Crippen LogP) is 2.56. The van der Waals surface area contributed by atoms with Crippen molar-refractivity contribution >= 4 is 5.84 Å². The number of hydrogen-bond acceptors (Lipinski definition) is 2. The van der Waals surface area contributed by atoms with Gasteiger partial charge in [-0.05, 0) is 37.4 Å². The fourth-order valence-electron chi connectivity index (χ4n) is 3.34. The smallest absolute Gasteiger partial charge is 0.128 e. The average Bonchev–Trinajstić information content (AvgIpc) is 3.00. The summed E-state index contributed by atoms with van der Waals surface area (Å²) in [6.07, 6.45) is 2.72. The second-order valence-corrected chi connectivity index (χ2v) is 6.00. The lowest BCUT2D eigenvalue weighted by Gasteiger charge is -2.26. The summed E-state index contributed by atoms with van der Waals surface area (Å²) in [4.78, 5) is 4.79. The Morgan fingerprint density at radius 2 is 1.89 bits per heavy atom. The van der Waals surface area contributed by atoms with Crippen LogP contribution in [0.2, 0.25) is 0 Å². The van der Waals surface area contributed by atoms with Crippen molar-refractivity contribution in [2.45, 2.75) is 26.3 Å². The van der Waals surface area contributed by atoms with Crippen LogP contribution in [0.5, 0.6) is 0 Å². The van der Waals surface area contributed by atoms with E-state index in [1.165, 1.54) is 38.0 Å². The molecule has 0 aliphatic carbocycles. The van der Waals surface area contributed by atoms with E-state index < -0.39 is 0 Å². The van der Waals surface area contributed by atoms with Gasteiger partial charge in [-0.2, -0.15) is 0 Å². The molecule has 2 aliphatic rings. The van der Waals surface area contributed by atoms with Crippen LogP contribution in [0, 0.1) is 11.3 Å². The summed E-state index contributed by atoms with van der Waals surface area (Å²) < 4.78 is 0. The lowest BCUT2D eigenvalue weighted by atomic mass is 10.1. The highest BCUT2D eigenvalue weighted by Gasteiger charge is 2.25. The molecule has 1 aromatic carbocycles. The lowest BCUT2D eigenvalue weighted by Crippen LogP contribution is -2.34. The first kappa shape index (κ1) is 12.7. The van der Waals surface area contributed by atoms with Crippen LogP contribution < -0.4 is 0 Å². The Labute approximate surface area is 115 Å². The van der Waals surface area contributed by atoms with Gasteiger partial charge in [0.2, 0.25) is 0 Å². The zero-order chi connectivity index (χ0) is 13.2. The zero-order valence-corrected chi connectivity index (χ0v) is 11.7. The van der Waals surface area contributed by atoms with Gasteiger partial charge in [-0.15, -0.1) is 0 Å². The van der Waals surface area contributed by atoms with Crippen molar-refractivity contribution in [2.24, 2.45) is 5.92 Å². The summed E-state index contributed by atoms with van der Waals surface area (Å²) >= 11 is 0. The molecule has 1 unspecified atom stereocenters. The maximum absolute atomic E-state index is 8.28. The molecule has 1 saturated heterocycles. The van der Waals surface area contributed by atoms with Crippen LogP contribution in [0.1, 0.15) is 30.9 Å². The third kappa shape index (κ3) is 2.66. The summed E-state index contributed by atoms with van der Waals surface area (Å²) in [7, 11) is 0. The topological polar surface area (TPSA) is 30.3 Å². The summed E-state index contributed by atoms with van der Waals surface area (Å²) in [6, 6.07) is 8.33. The SMILES string of the molecule is CC(CN1CCCC1)CN1Cc2ccccc2C1=N. The summed E-state index contributed by atoms with van der Waals surface area (Å²) in [5.74, 6) is 1.34. The number of likely N-dealkylation sites (tertiary alicyclic amines) is 1. The summed E-state index contributed by atoms with van der Waals surface area (Å²) in [6.45, 7) is 7.95. The van der Waals surface area contributed by atoms with Crippen LogP contribution in [0.25, 0.3) is 0 Å². The van der Waals surface area contributed by atoms with E-state index in [0.29, 0.717) is 11.8 Å². The van der Waals surface area contributed by atoms with Gasteiger partial charge in [-0.25, -0.2) is 0 Å². The van der Waals surface area contributed by atoms with Gasteiger partial charge in [-0.3, -0.25) is 5.41 Å². The number of nitrogens with one attached hydrogen (secondary N) is 1. The fourth-order valence-corrected chi connectivity index (χ4v) is 3.34. The quantitative estimate of drug-likeness (QED) is 0.898. The molecule has 1 N–H and O–H groups in total. The second-order valence-electron chi connectivity index (χ2n) is 6.00. The Balaban J connectivity index is 1.58. The van der Waals surface area contributed by atoms with Gasteiger partial charge in [0, 0.05) is 25.2 Å². The molecule has 0 bridgehead atoms. The van der Waals surface area contributed by atoms with E-state index in [1.807, 2.05) is 6.07 Å². The molecule has 19 heavy (non-hydrogen) atoms. The second kappa shape index (κ2) is 5.33. The Hall–Kier alpha value is -1.35. The van der Waals surface area contributed by atoms with Crippen LogP contribution in [0.3, 0.4) is 0 Å². The van der Waals surface area contributed by atoms with Crippen molar-refractivity contribution in [3.8, 4) is 0 Å². The van der Waals surface area contributed by atoms with Crippen LogP contribution in [-0.2, 0) is 6.54 Å². The number of rotatable bonds is 4. The molecule has 1 aromatic rings. The van der Waals surface area contributed by atoms with Crippen molar-refractivity contribution in [1.82, 2.24) is 9.80 Å². The molecule has 3 heteroatoms. The average molecular weight is 257 g/mol. The number of benzene rings is 1. The van der Waals surface area contributed by atoms with Crippen molar-refractivity contribution in [1.29, 1.82) is 5.41 Å². The van der Waals surface area contributed by atoms with Gasteiger partial charge in [0.05, 0.1) is 0 Å². The Morgan fingerprint density at radius 3 is 2.63 bits per heavy atom. The van der Waals surface area contributed by atoms with Gasteiger partial charge in [0.25, 0.3) is 0 Å². The molecule has 3 rings (SSSR count). The molecule has 0 spiro atoms. The molecule has 2 aliphatic heterocycles. The van der Waals surface area contributed by atoms with E-state index in [0.717, 1.165) is 18.7 Å². The minimum absolute atomic E-state index is 0.632. The minimum Gasteiger partial charge on any atom is -0.352 e. The van der Waals surface area contributed by atoms with Gasteiger partial charge >= 0.3 is 0 Å². The Morgan fingerprint density at radius 1 is 1.16 bits per heavy atom. The molecular weight excluding hydrogens is 234 g/mol. The first-order valence-corrected chi connectivity index (χ1v) is 7.38. The van der Waals surface area contributed by atoms with Crippen LogP contribution in [-0.4, -0.2) is 41.8 Å². The van der Waals surface area contributed by atoms with E-state index in [2.05, 4.69) is 34.9 Å². The summed E-state index contributed by atoms with van der Waals surface area (Å²) in [5.41, 5.74) is 2.43. The lowest BCUT2D eigenvalue weighted by molar-refractivity contribution is 0.251. The van der Waals surface area contributed by atoms with E-state index in [9.17, 15) is 0 Å². The molecule has 0 amide bonds. The first-order valence-electron chi connectivity index (χ1n) is 7.38. The van der Waals surface area contributed by atoms with Gasteiger partial charge in [0.15, 0.2) is 0 Å². The molecule has 1 atom stereocenters. The standard InChI is InChI=1S/C16H23N3/c1-13(10-18-8-4-5-9-18)11-19-12-14-6-2-3-7-15(14)16(19)17/h2-3,6-7,13,17H,4-5,8-12H2,1H3. The molecule has 2 heterocycles. The zero-order valence-electron chi connectivity index (χ0n) is 11.7. The molecule has 0 saturated carbocycles. The minimum atomic E-state index is 0.632. The maximum Gasteiger partial charge on any atom is 0.128 e. The van der Waals surface area contributed by atoms with Crippen LogP contribution >= 0.6 is 0 Å². The van der Waals surface area contributed by atoms with Crippen LogP contribution in [0.4, 0.5) is 0 Å². The van der Waals surface area contributed by atoms with Crippen molar-refractivity contribution in [3.63, 3.8) is 0 Å². The highest BCUT2D eigenvalue weighted by atomic mass is 15.2. The van der Waals surface area contributed by atoms with Gasteiger partial charge < -0.3 is 9.80 Å². The van der Waals surface area contributed by atoms with Gasteiger partial charge in [-0.1, -0.05) is 31.2 Å². The molecular formula is C16H23N3. The fraction of sp³-hybridized carbons (Fsp3) is 0.562. The maximum atomic E-state index is 8.28. The van der Waals surface area contributed by atoms with Crippen LogP contribution in [0.15, 0.2) is 24.3 Å². The van der Waals surface area contributed by atoms with E-state index in [4.69, 9.17) is 5.41 Å². The van der Waals surface area contributed by atoms with Crippen molar-refractivity contribution in [2.75, 3.05) is 26.2 Å². The Kier molecular flexibility index (Phi) is 3.56.